The smallest absolute Gasteiger partial charge is 0.328 e. The van der Waals surface area contributed by atoms with Crippen LogP contribution in [0.25, 0.3) is 11.0 Å². The number of aromatic nitrogens is 3. The number of benzene rings is 1. The van der Waals surface area contributed by atoms with E-state index < -0.39 is 0 Å². The van der Waals surface area contributed by atoms with Crippen LogP contribution in [0.1, 0.15) is 27.9 Å². The van der Waals surface area contributed by atoms with Crippen molar-refractivity contribution in [2.24, 2.45) is 14.1 Å². The molecular formula is C16H19N5O2S. The molecular weight excluding hydrogens is 326 g/mol. The summed E-state index contributed by atoms with van der Waals surface area (Å²) in [5, 5.41) is 3.29. The highest BCUT2D eigenvalue weighted by Crippen LogP contribution is 2.21. The van der Waals surface area contributed by atoms with Gasteiger partial charge in [0.25, 0.3) is 5.91 Å². The number of hydrogen-bond donors (Lipinski definition) is 2. The number of rotatable bonds is 4. The van der Waals surface area contributed by atoms with Gasteiger partial charge in [-0.2, -0.15) is 0 Å². The Kier molecular flexibility index (Phi) is 4.15. The third-order valence-electron chi connectivity index (χ3n) is 4.04. The van der Waals surface area contributed by atoms with Crippen LogP contribution < -0.4 is 16.7 Å². The summed E-state index contributed by atoms with van der Waals surface area (Å²) in [6.45, 7) is 2.31. The molecule has 2 aromatic heterocycles. The number of nitrogens with one attached hydrogen (secondary N) is 1. The summed E-state index contributed by atoms with van der Waals surface area (Å²) in [6.07, 6.45) is 0.661. The second-order valence-corrected chi connectivity index (χ2v) is 6.62. The maximum atomic E-state index is 12.3. The van der Waals surface area contributed by atoms with Gasteiger partial charge < -0.3 is 11.1 Å². The van der Waals surface area contributed by atoms with E-state index in [1.165, 1.54) is 11.3 Å². The van der Waals surface area contributed by atoms with Gasteiger partial charge in [0.2, 0.25) is 0 Å². The molecule has 0 bridgehead atoms. The lowest BCUT2D eigenvalue weighted by Crippen LogP contribution is -2.23. The van der Waals surface area contributed by atoms with Crippen LogP contribution in [0.15, 0.2) is 23.0 Å². The lowest BCUT2D eigenvalue weighted by molar-refractivity contribution is 0.0954. The van der Waals surface area contributed by atoms with Gasteiger partial charge in [-0.15, -0.1) is 0 Å². The second kappa shape index (κ2) is 6.12. The largest absolute Gasteiger partial charge is 0.375 e. The van der Waals surface area contributed by atoms with E-state index in [2.05, 4.69) is 10.3 Å². The fraction of sp³-hybridized carbons (Fsp3) is 0.312. The number of fused-ring (bicyclic) bond motifs is 1. The van der Waals surface area contributed by atoms with E-state index in [4.69, 9.17) is 5.73 Å². The van der Waals surface area contributed by atoms with Gasteiger partial charge in [0.1, 0.15) is 4.88 Å². The van der Waals surface area contributed by atoms with Crippen LogP contribution >= 0.6 is 11.3 Å². The fourth-order valence-electron chi connectivity index (χ4n) is 2.71. The Labute approximate surface area is 142 Å². The monoisotopic (exact) mass is 345 g/mol. The predicted molar refractivity (Wildman–Crippen MR) is 95.2 cm³/mol. The lowest BCUT2D eigenvalue weighted by atomic mass is 10.2. The summed E-state index contributed by atoms with van der Waals surface area (Å²) in [5.74, 6) is -0.178. The number of thiazole rings is 1. The molecule has 24 heavy (non-hydrogen) atoms. The molecule has 7 nitrogen and oxygen atoms in total. The lowest BCUT2D eigenvalue weighted by Gasteiger charge is -2.06. The van der Waals surface area contributed by atoms with E-state index in [1.807, 2.05) is 25.1 Å². The van der Waals surface area contributed by atoms with Gasteiger partial charge in [0.15, 0.2) is 5.13 Å². The number of anilines is 1. The zero-order valence-corrected chi connectivity index (χ0v) is 14.6. The van der Waals surface area contributed by atoms with E-state index in [9.17, 15) is 9.59 Å². The third-order valence-corrected chi connectivity index (χ3v) is 4.97. The Morgan fingerprint density at radius 1 is 1.29 bits per heavy atom. The summed E-state index contributed by atoms with van der Waals surface area (Å²) >= 11 is 1.20. The molecule has 3 aromatic rings. The van der Waals surface area contributed by atoms with E-state index in [0.29, 0.717) is 23.0 Å². The Balaban J connectivity index is 1.81. The molecule has 0 aliphatic heterocycles. The summed E-state index contributed by atoms with van der Waals surface area (Å²) in [7, 11) is 3.48. The van der Waals surface area contributed by atoms with Crippen LogP contribution in [-0.4, -0.2) is 20.0 Å². The first-order valence-electron chi connectivity index (χ1n) is 7.60. The van der Waals surface area contributed by atoms with Crippen molar-refractivity contribution in [1.29, 1.82) is 0 Å². The molecule has 1 amide bonds. The zero-order valence-electron chi connectivity index (χ0n) is 13.8. The molecule has 0 atom stereocenters. The van der Waals surface area contributed by atoms with Crippen molar-refractivity contribution < 1.29 is 4.79 Å². The topological polar surface area (TPSA) is 94.9 Å². The molecule has 3 N–H and O–H groups in total. The van der Waals surface area contributed by atoms with Gasteiger partial charge in [-0.05, 0) is 24.1 Å². The summed E-state index contributed by atoms with van der Waals surface area (Å²) in [5.41, 5.74) is 8.96. The number of aryl methyl sites for hydroxylation is 3. The van der Waals surface area contributed by atoms with Crippen LogP contribution in [0, 0.1) is 0 Å². The Morgan fingerprint density at radius 2 is 2.00 bits per heavy atom. The normalized spacial score (nSPS) is 11.1. The van der Waals surface area contributed by atoms with Gasteiger partial charge in [0, 0.05) is 20.6 Å². The van der Waals surface area contributed by atoms with Crippen molar-refractivity contribution >= 4 is 33.4 Å². The molecule has 2 heterocycles. The van der Waals surface area contributed by atoms with Gasteiger partial charge in [-0.1, -0.05) is 24.3 Å². The molecule has 126 valence electrons. The number of imidazole rings is 1. The average Bonchev–Trinajstić information content (AvgIpc) is 3.06. The van der Waals surface area contributed by atoms with Crippen molar-refractivity contribution in [2.45, 2.75) is 19.9 Å². The van der Waals surface area contributed by atoms with Crippen LogP contribution in [0.3, 0.4) is 0 Å². The molecule has 0 saturated heterocycles. The second-order valence-electron chi connectivity index (χ2n) is 5.59. The minimum atomic E-state index is -0.178. The van der Waals surface area contributed by atoms with Crippen molar-refractivity contribution in [2.75, 3.05) is 5.73 Å². The summed E-state index contributed by atoms with van der Waals surface area (Å²) in [4.78, 5) is 29.0. The summed E-state index contributed by atoms with van der Waals surface area (Å²) in [6, 6.07) is 5.71. The number of nitrogens with two attached hydrogens (primary N) is 1. The molecule has 1 aromatic carbocycles. The van der Waals surface area contributed by atoms with Crippen LogP contribution in [0.2, 0.25) is 0 Å². The maximum Gasteiger partial charge on any atom is 0.328 e. The molecule has 0 unspecified atom stereocenters. The quantitative estimate of drug-likeness (QED) is 0.747. The fourth-order valence-corrected chi connectivity index (χ4v) is 3.55. The first-order chi connectivity index (χ1) is 11.4. The van der Waals surface area contributed by atoms with Gasteiger partial charge in [-0.25, -0.2) is 9.78 Å². The van der Waals surface area contributed by atoms with Crippen LogP contribution in [0.5, 0.6) is 0 Å². The summed E-state index contributed by atoms with van der Waals surface area (Å²) < 4.78 is 3.20. The molecule has 0 saturated carbocycles. The van der Waals surface area contributed by atoms with Gasteiger partial charge >= 0.3 is 5.69 Å². The first-order valence-corrected chi connectivity index (χ1v) is 8.41. The van der Waals surface area contributed by atoms with E-state index >= 15 is 0 Å². The molecule has 3 rings (SSSR count). The van der Waals surface area contributed by atoms with Crippen molar-refractivity contribution in [3.05, 3.63) is 44.8 Å². The number of carbonyl (C=O) groups excluding carboxylic acids is 1. The zero-order chi connectivity index (χ0) is 17.4. The maximum absolute atomic E-state index is 12.3. The highest BCUT2D eigenvalue weighted by Gasteiger charge is 2.16. The molecule has 0 aliphatic rings. The molecule has 0 spiro atoms. The highest BCUT2D eigenvalue weighted by atomic mass is 32.1. The standard InChI is InChI=1S/C16H19N5O2S/c1-4-10-13(24-15(17)19-10)14(22)18-8-9-5-6-11-12(7-9)21(3)16(23)20(11)2/h5-7H,4,8H2,1-3H3,(H2,17,19)(H,18,22). The Morgan fingerprint density at radius 3 is 2.71 bits per heavy atom. The number of amides is 1. The average molecular weight is 345 g/mol. The van der Waals surface area contributed by atoms with Crippen molar-refractivity contribution in [3.63, 3.8) is 0 Å². The Hall–Kier alpha value is -2.61. The molecule has 0 fully saturated rings. The minimum Gasteiger partial charge on any atom is -0.375 e. The van der Waals surface area contributed by atoms with Crippen LogP contribution in [0.4, 0.5) is 5.13 Å². The van der Waals surface area contributed by atoms with Crippen molar-refractivity contribution in [3.8, 4) is 0 Å². The van der Waals surface area contributed by atoms with E-state index in [-0.39, 0.29) is 11.6 Å². The number of hydrogen-bond acceptors (Lipinski definition) is 5. The predicted octanol–water partition coefficient (Wildman–Crippen LogP) is 1.41. The van der Waals surface area contributed by atoms with Crippen molar-refractivity contribution in [1.82, 2.24) is 19.4 Å². The first kappa shape index (κ1) is 16.3. The van der Waals surface area contributed by atoms with Crippen LogP contribution in [-0.2, 0) is 27.1 Å². The SMILES string of the molecule is CCc1nc(N)sc1C(=O)NCc1ccc2c(c1)n(C)c(=O)n2C. The minimum absolute atomic E-state index is 0.0705. The molecule has 0 radical (unpaired) electrons. The van der Waals surface area contributed by atoms with Gasteiger partial charge in [-0.3, -0.25) is 13.9 Å². The van der Waals surface area contributed by atoms with Gasteiger partial charge in [0.05, 0.1) is 16.7 Å². The highest BCUT2D eigenvalue weighted by molar-refractivity contribution is 7.17. The number of nitrogen functional groups attached to an aromatic ring is 1. The number of nitrogens with zero attached hydrogens (tertiary/aromatic N) is 3. The number of carbonyl (C=O) groups is 1. The van der Waals surface area contributed by atoms with E-state index in [1.54, 1.807) is 23.2 Å². The molecule has 8 heteroatoms. The van der Waals surface area contributed by atoms with E-state index in [0.717, 1.165) is 22.3 Å². The third kappa shape index (κ3) is 2.69. The molecule has 0 aliphatic carbocycles. The Bertz CT molecular complexity index is 982.